The number of nitrogens with one attached hydrogen (secondary N) is 1. The van der Waals surface area contributed by atoms with Gasteiger partial charge in [-0.25, -0.2) is 8.78 Å². The molecule has 20 heavy (non-hydrogen) atoms. The molecule has 2 rings (SSSR count). The van der Waals surface area contributed by atoms with Crippen LogP contribution in [0.2, 0.25) is 0 Å². The molecule has 1 N–H and O–H groups in total. The summed E-state index contributed by atoms with van der Waals surface area (Å²) in [4.78, 5) is 4.23. The van der Waals surface area contributed by atoms with Crippen LogP contribution in [0.15, 0.2) is 22.7 Å². The van der Waals surface area contributed by atoms with E-state index in [0.717, 1.165) is 12.1 Å². The predicted octanol–water partition coefficient (Wildman–Crippen LogP) is 2.28. The van der Waals surface area contributed by atoms with Gasteiger partial charge < -0.3 is 9.84 Å². The molecule has 1 heterocycles. The van der Waals surface area contributed by atoms with Crippen LogP contribution in [0.25, 0.3) is 0 Å². The van der Waals surface area contributed by atoms with E-state index in [2.05, 4.69) is 15.5 Å². The van der Waals surface area contributed by atoms with E-state index in [1.807, 2.05) is 14.0 Å². The van der Waals surface area contributed by atoms with Crippen molar-refractivity contribution in [2.45, 2.75) is 32.2 Å². The van der Waals surface area contributed by atoms with E-state index in [4.69, 9.17) is 4.52 Å². The van der Waals surface area contributed by atoms with Gasteiger partial charge in [-0.05, 0) is 44.2 Å². The van der Waals surface area contributed by atoms with Crippen LogP contribution in [0, 0.1) is 11.6 Å². The molecule has 1 aromatic carbocycles. The van der Waals surface area contributed by atoms with Crippen LogP contribution in [-0.4, -0.2) is 23.2 Å². The molecule has 108 valence electrons. The summed E-state index contributed by atoms with van der Waals surface area (Å²) in [6.07, 6.45) is 1.38. The number of rotatable bonds is 6. The summed E-state index contributed by atoms with van der Waals surface area (Å²) >= 11 is 0. The highest BCUT2D eigenvalue weighted by Crippen LogP contribution is 2.12. The van der Waals surface area contributed by atoms with E-state index in [1.54, 1.807) is 0 Å². The molecule has 2 aromatic rings. The summed E-state index contributed by atoms with van der Waals surface area (Å²) in [5.74, 6) is 0.180. The molecule has 0 amide bonds. The van der Waals surface area contributed by atoms with Gasteiger partial charge in [0.2, 0.25) is 5.89 Å². The molecular formula is C14H17F2N3O. The smallest absolute Gasteiger partial charge is 0.226 e. The highest BCUT2D eigenvalue weighted by molar-refractivity contribution is 5.19. The fraction of sp³-hybridized carbons (Fsp3) is 0.429. The zero-order chi connectivity index (χ0) is 14.5. The number of hydrogen-bond donors (Lipinski definition) is 1. The fourth-order valence-electron chi connectivity index (χ4n) is 1.83. The molecule has 0 saturated heterocycles. The second-order valence-corrected chi connectivity index (χ2v) is 4.73. The van der Waals surface area contributed by atoms with Gasteiger partial charge in [0.05, 0.1) is 0 Å². The lowest BCUT2D eigenvalue weighted by Crippen LogP contribution is -2.24. The van der Waals surface area contributed by atoms with Crippen molar-refractivity contribution in [3.05, 3.63) is 47.1 Å². The fourth-order valence-corrected chi connectivity index (χ4v) is 1.83. The minimum absolute atomic E-state index is 0.251. The van der Waals surface area contributed by atoms with Crippen molar-refractivity contribution in [1.29, 1.82) is 0 Å². The number of hydrogen-bond acceptors (Lipinski definition) is 4. The Kier molecular flexibility index (Phi) is 4.79. The van der Waals surface area contributed by atoms with Crippen molar-refractivity contribution in [3.63, 3.8) is 0 Å². The molecule has 0 aliphatic rings. The predicted molar refractivity (Wildman–Crippen MR) is 70.3 cm³/mol. The van der Waals surface area contributed by atoms with Crippen LogP contribution in [0.3, 0.4) is 0 Å². The normalized spacial score (nSPS) is 12.6. The standard InChI is InChI=1S/C14H17F2N3O/c1-9(17-2)7-13-18-14(20-19-13)6-3-10-8-11(15)4-5-12(10)16/h4-5,8-9,17H,3,6-7H2,1-2H3. The average molecular weight is 281 g/mol. The number of aromatic nitrogens is 2. The second-order valence-electron chi connectivity index (χ2n) is 4.73. The third-order valence-electron chi connectivity index (χ3n) is 3.11. The van der Waals surface area contributed by atoms with E-state index >= 15 is 0 Å². The minimum Gasteiger partial charge on any atom is -0.339 e. The first kappa shape index (κ1) is 14.6. The number of halogens is 2. The van der Waals surface area contributed by atoms with Crippen LogP contribution in [0.5, 0.6) is 0 Å². The summed E-state index contributed by atoms with van der Waals surface area (Å²) in [5, 5.41) is 6.94. The van der Waals surface area contributed by atoms with Gasteiger partial charge in [0.1, 0.15) is 11.6 Å². The third-order valence-corrected chi connectivity index (χ3v) is 3.11. The lowest BCUT2D eigenvalue weighted by atomic mass is 10.1. The number of nitrogens with zero attached hydrogens (tertiary/aromatic N) is 2. The maximum atomic E-state index is 13.5. The Morgan fingerprint density at radius 2 is 2.10 bits per heavy atom. The minimum atomic E-state index is -0.449. The Morgan fingerprint density at radius 1 is 1.30 bits per heavy atom. The Labute approximate surface area is 116 Å². The topological polar surface area (TPSA) is 51.0 Å². The van der Waals surface area contributed by atoms with E-state index in [-0.39, 0.29) is 6.04 Å². The molecule has 1 atom stereocenters. The molecule has 0 spiro atoms. The van der Waals surface area contributed by atoms with Gasteiger partial charge in [-0.2, -0.15) is 4.98 Å². The zero-order valence-electron chi connectivity index (χ0n) is 11.5. The number of benzene rings is 1. The second kappa shape index (κ2) is 6.56. The van der Waals surface area contributed by atoms with Gasteiger partial charge in [-0.3, -0.25) is 0 Å². The lowest BCUT2D eigenvalue weighted by Gasteiger charge is -2.04. The first-order valence-electron chi connectivity index (χ1n) is 6.51. The molecule has 6 heteroatoms. The highest BCUT2D eigenvalue weighted by Gasteiger charge is 2.11. The Balaban J connectivity index is 1.95. The molecule has 0 radical (unpaired) electrons. The Morgan fingerprint density at radius 3 is 2.85 bits per heavy atom. The van der Waals surface area contributed by atoms with Crippen molar-refractivity contribution >= 4 is 0 Å². The van der Waals surface area contributed by atoms with E-state index in [9.17, 15) is 8.78 Å². The lowest BCUT2D eigenvalue weighted by molar-refractivity contribution is 0.370. The first-order valence-corrected chi connectivity index (χ1v) is 6.51. The average Bonchev–Trinajstić information content (AvgIpc) is 2.87. The summed E-state index contributed by atoms with van der Waals surface area (Å²) < 4.78 is 31.6. The Bertz CT molecular complexity index is 571. The zero-order valence-corrected chi connectivity index (χ0v) is 11.5. The van der Waals surface area contributed by atoms with Crippen molar-refractivity contribution in [1.82, 2.24) is 15.5 Å². The van der Waals surface area contributed by atoms with E-state index in [0.29, 0.717) is 36.5 Å². The molecule has 1 aromatic heterocycles. The number of likely N-dealkylation sites (N-methyl/N-ethyl adjacent to an activating group) is 1. The summed E-state index contributed by atoms with van der Waals surface area (Å²) in [6.45, 7) is 2.01. The van der Waals surface area contributed by atoms with Gasteiger partial charge in [-0.1, -0.05) is 5.16 Å². The van der Waals surface area contributed by atoms with Gasteiger partial charge in [-0.15, -0.1) is 0 Å². The molecule has 4 nitrogen and oxygen atoms in total. The summed E-state index contributed by atoms with van der Waals surface area (Å²) in [7, 11) is 1.86. The third kappa shape index (κ3) is 3.84. The molecular weight excluding hydrogens is 264 g/mol. The van der Waals surface area contributed by atoms with Gasteiger partial charge in [0, 0.05) is 18.9 Å². The molecule has 1 unspecified atom stereocenters. The van der Waals surface area contributed by atoms with Crippen LogP contribution in [-0.2, 0) is 19.3 Å². The van der Waals surface area contributed by atoms with Crippen molar-refractivity contribution in [2.75, 3.05) is 7.05 Å². The quantitative estimate of drug-likeness (QED) is 0.882. The maximum absolute atomic E-state index is 13.5. The van der Waals surface area contributed by atoms with Gasteiger partial charge >= 0.3 is 0 Å². The Hall–Kier alpha value is -1.82. The van der Waals surface area contributed by atoms with Gasteiger partial charge in [0.25, 0.3) is 0 Å². The van der Waals surface area contributed by atoms with E-state index < -0.39 is 11.6 Å². The van der Waals surface area contributed by atoms with Crippen molar-refractivity contribution in [3.8, 4) is 0 Å². The molecule has 0 bridgehead atoms. The summed E-state index contributed by atoms with van der Waals surface area (Å²) in [6, 6.07) is 3.66. The first-order chi connectivity index (χ1) is 9.58. The molecule has 0 aliphatic heterocycles. The highest BCUT2D eigenvalue weighted by atomic mass is 19.1. The summed E-state index contributed by atoms with van der Waals surface area (Å²) in [5.41, 5.74) is 0.313. The number of aryl methyl sites for hydroxylation is 2. The maximum Gasteiger partial charge on any atom is 0.226 e. The van der Waals surface area contributed by atoms with Gasteiger partial charge in [0.15, 0.2) is 5.82 Å². The van der Waals surface area contributed by atoms with Crippen LogP contribution in [0.1, 0.15) is 24.2 Å². The SMILES string of the molecule is CNC(C)Cc1noc(CCc2cc(F)ccc2F)n1. The van der Waals surface area contributed by atoms with Crippen LogP contribution in [0.4, 0.5) is 8.78 Å². The van der Waals surface area contributed by atoms with Crippen LogP contribution >= 0.6 is 0 Å². The van der Waals surface area contributed by atoms with Crippen molar-refractivity contribution < 1.29 is 13.3 Å². The van der Waals surface area contributed by atoms with Crippen molar-refractivity contribution in [2.24, 2.45) is 0 Å². The molecule has 0 aliphatic carbocycles. The largest absolute Gasteiger partial charge is 0.339 e. The van der Waals surface area contributed by atoms with Crippen LogP contribution < -0.4 is 5.32 Å². The molecule has 0 fully saturated rings. The monoisotopic (exact) mass is 281 g/mol. The molecule has 0 saturated carbocycles. The van der Waals surface area contributed by atoms with E-state index in [1.165, 1.54) is 6.07 Å².